The Morgan fingerprint density at radius 2 is 1.89 bits per heavy atom. The first-order valence-electron chi connectivity index (χ1n) is 10.8. The van der Waals surface area contributed by atoms with Crippen molar-refractivity contribution >= 4 is 47.4 Å². The van der Waals surface area contributed by atoms with E-state index in [1.807, 2.05) is 36.4 Å². The maximum atomic E-state index is 12.8. The van der Waals surface area contributed by atoms with Gasteiger partial charge in [-0.25, -0.2) is 9.97 Å². The van der Waals surface area contributed by atoms with Gasteiger partial charge in [-0.1, -0.05) is 30.3 Å². The average Bonchev–Trinajstić information content (AvgIpc) is 3.20. The number of hydrogen-bond donors (Lipinski definition) is 5. The van der Waals surface area contributed by atoms with Gasteiger partial charge in [0.05, 0.1) is 12.1 Å². The number of carboxylic acid groups (broad SMARTS) is 1. The second kappa shape index (κ2) is 11.6. The number of benzene rings is 1. The lowest BCUT2D eigenvalue weighted by Crippen LogP contribution is -2.49. The Morgan fingerprint density at radius 1 is 1.17 bits per heavy atom. The minimum absolute atomic E-state index is 0.0186. The Kier molecular flexibility index (Phi) is 8.55. The van der Waals surface area contributed by atoms with E-state index in [9.17, 15) is 19.2 Å². The topological polar surface area (TPSA) is 169 Å². The monoisotopic (exact) mass is 498 g/mol. The number of carbonyl (C=O) groups is 4. The molecule has 12 heteroatoms. The summed E-state index contributed by atoms with van der Waals surface area (Å²) in [5.41, 5.74) is 8.31. The molecule has 0 bridgehead atoms. The number of rotatable bonds is 11. The Morgan fingerprint density at radius 3 is 2.54 bits per heavy atom. The summed E-state index contributed by atoms with van der Waals surface area (Å²) in [6.45, 7) is -0.342. The van der Waals surface area contributed by atoms with Crippen molar-refractivity contribution in [2.75, 3.05) is 12.3 Å². The van der Waals surface area contributed by atoms with Crippen molar-refractivity contribution in [3.8, 4) is 11.1 Å². The van der Waals surface area contributed by atoms with Crippen LogP contribution in [-0.4, -0.2) is 67.6 Å². The molecule has 3 rings (SSSR count). The molecule has 0 unspecified atom stereocenters. The zero-order chi connectivity index (χ0) is 25.5. The Balaban J connectivity index is 1.62. The standard InChI is InChI=1S/C23H26N6O5S/c1-29-17-9-14(13-5-3-2-4-6-13)10-25-20(17)28-21(29)18(30)11-26-22(32)16(12-35)27-19(31)8-7-15(24)23(33)34/h2-6,9-10,15-16,35H,7-8,11-12,24H2,1H3,(H,26,32)(H,27,31)(H,33,34)/t15-,16-/m0/s1. The minimum Gasteiger partial charge on any atom is -0.480 e. The van der Waals surface area contributed by atoms with E-state index in [1.54, 1.807) is 17.8 Å². The highest BCUT2D eigenvalue weighted by Gasteiger charge is 2.23. The molecule has 1 aromatic carbocycles. The number of carbonyl (C=O) groups excluding carboxylic acids is 3. The molecule has 11 nitrogen and oxygen atoms in total. The second-order valence-corrected chi connectivity index (χ2v) is 8.22. The summed E-state index contributed by atoms with van der Waals surface area (Å²) < 4.78 is 1.62. The van der Waals surface area contributed by atoms with E-state index in [1.165, 1.54) is 0 Å². The van der Waals surface area contributed by atoms with Crippen LogP contribution < -0.4 is 16.4 Å². The van der Waals surface area contributed by atoms with Gasteiger partial charge in [0, 0.05) is 31.0 Å². The van der Waals surface area contributed by atoms with E-state index in [-0.39, 0.29) is 31.0 Å². The molecule has 2 atom stereocenters. The number of pyridine rings is 1. The van der Waals surface area contributed by atoms with E-state index in [4.69, 9.17) is 10.8 Å². The van der Waals surface area contributed by atoms with Gasteiger partial charge < -0.3 is 26.0 Å². The van der Waals surface area contributed by atoms with Crippen molar-refractivity contribution in [3.63, 3.8) is 0 Å². The number of ketones is 1. The summed E-state index contributed by atoms with van der Waals surface area (Å²) >= 11 is 4.07. The number of nitrogens with one attached hydrogen (secondary N) is 2. The largest absolute Gasteiger partial charge is 0.480 e. The van der Waals surface area contributed by atoms with Crippen molar-refractivity contribution < 1.29 is 24.3 Å². The molecule has 184 valence electrons. The van der Waals surface area contributed by atoms with Crippen molar-refractivity contribution in [1.29, 1.82) is 0 Å². The number of aromatic nitrogens is 3. The highest BCUT2D eigenvalue weighted by atomic mass is 32.1. The van der Waals surface area contributed by atoms with E-state index < -0.39 is 35.7 Å². The first-order valence-corrected chi connectivity index (χ1v) is 11.4. The number of thiol groups is 1. The molecule has 0 saturated carbocycles. The number of fused-ring (bicyclic) bond motifs is 1. The maximum absolute atomic E-state index is 12.8. The number of aryl methyl sites for hydroxylation is 1. The van der Waals surface area contributed by atoms with E-state index in [0.717, 1.165) is 11.1 Å². The smallest absolute Gasteiger partial charge is 0.320 e. The third-order valence-corrected chi connectivity index (χ3v) is 5.72. The first-order chi connectivity index (χ1) is 16.7. The van der Waals surface area contributed by atoms with Crippen LogP contribution in [0.25, 0.3) is 22.3 Å². The van der Waals surface area contributed by atoms with Gasteiger partial charge in [-0.05, 0) is 18.1 Å². The summed E-state index contributed by atoms with van der Waals surface area (Å²) in [7, 11) is 1.69. The summed E-state index contributed by atoms with van der Waals surface area (Å²) in [6, 6.07) is 9.39. The maximum Gasteiger partial charge on any atom is 0.320 e. The zero-order valence-electron chi connectivity index (χ0n) is 19.0. The van der Waals surface area contributed by atoms with Crippen LogP contribution in [0.15, 0.2) is 42.6 Å². The number of hydrogen-bond acceptors (Lipinski definition) is 8. The molecular formula is C23H26N6O5S. The summed E-state index contributed by atoms with van der Waals surface area (Å²) in [6.07, 6.45) is 1.44. The van der Waals surface area contributed by atoms with Gasteiger partial charge in [0.25, 0.3) is 0 Å². The quantitative estimate of drug-likeness (QED) is 0.188. The number of imidazole rings is 1. The molecule has 2 aromatic heterocycles. The van der Waals surface area contributed by atoms with E-state index in [2.05, 4.69) is 33.2 Å². The predicted molar refractivity (Wildman–Crippen MR) is 132 cm³/mol. The molecular weight excluding hydrogens is 472 g/mol. The third kappa shape index (κ3) is 6.43. The molecule has 0 spiro atoms. The van der Waals surface area contributed by atoms with E-state index >= 15 is 0 Å². The van der Waals surface area contributed by atoms with E-state index in [0.29, 0.717) is 11.2 Å². The second-order valence-electron chi connectivity index (χ2n) is 7.85. The average molecular weight is 499 g/mol. The van der Waals surface area contributed by atoms with Crippen LogP contribution in [0, 0.1) is 0 Å². The molecule has 0 fully saturated rings. The Hall–Kier alpha value is -3.77. The molecule has 0 aliphatic heterocycles. The number of Topliss-reactive ketones (excluding diaryl/α,β-unsaturated/α-hetero) is 1. The summed E-state index contributed by atoms with van der Waals surface area (Å²) in [4.78, 5) is 56.7. The molecule has 0 saturated heterocycles. The fourth-order valence-electron chi connectivity index (χ4n) is 3.35. The molecule has 0 aliphatic carbocycles. The Labute approximate surface area is 206 Å². The zero-order valence-corrected chi connectivity index (χ0v) is 19.9. The number of aliphatic carboxylic acids is 1. The molecule has 0 radical (unpaired) electrons. The highest BCUT2D eigenvalue weighted by molar-refractivity contribution is 7.80. The SMILES string of the molecule is Cn1c(C(=O)CNC(=O)[C@H](CS)NC(=O)CC[C@H](N)C(=O)O)nc2ncc(-c3ccccc3)cc21. The van der Waals surface area contributed by atoms with Crippen molar-refractivity contribution in [1.82, 2.24) is 25.2 Å². The fraction of sp³-hybridized carbons (Fsp3) is 0.304. The third-order valence-electron chi connectivity index (χ3n) is 5.35. The van der Waals surface area contributed by atoms with Gasteiger partial charge in [-0.3, -0.25) is 19.2 Å². The van der Waals surface area contributed by atoms with Gasteiger partial charge in [0.15, 0.2) is 11.5 Å². The lowest BCUT2D eigenvalue weighted by atomic mass is 10.1. The molecule has 0 aliphatic rings. The minimum atomic E-state index is -1.21. The van der Waals surface area contributed by atoms with Crippen molar-refractivity contribution in [2.24, 2.45) is 12.8 Å². The fourth-order valence-corrected chi connectivity index (χ4v) is 3.60. The molecule has 2 heterocycles. The Bertz CT molecular complexity index is 1250. The van der Waals surface area contributed by atoms with Crippen LogP contribution >= 0.6 is 12.6 Å². The number of nitrogens with zero attached hydrogens (tertiary/aromatic N) is 3. The van der Waals surface area contributed by atoms with Crippen LogP contribution in [-0.2, 0) is 21.4 Å². The van der Waals surface area contributed by atoms with Crippen LogP contribution in [0.3, 0.4) is 0 Å². The van der Waals surface area contributed by atoms with Crippen molar-refractivity contribution in [3.05, 3.63) is 48.4 Å². The molecule has 2 amide bonds. The summed E-state index contributed by atoms with van der Waals surface area (Å²) in [5.74, 6) is -2.68. The van der Waals surface area contributed by atoms with Gasteiger partial charge in [-0.15, -0.1) is 0 Å². The summed E-state index contributed by atoms with van der Waals surface area (Å²) in [5, 5.41) is 13.7. The molecule has 35 heavy (non-hydrogen) atoms. The van der Waals surface area contributed by atoms with Crippen LogP contribution in [0.1, 0.15) is 23.5 Å². The van der Waals surface area contributed by atoms with Gasteiger partial charge in [-0.2, -0.15) is 12.6 Å². The molecule has 5 N–H and O–H groups in total. The lowest BCUT2D eigenvalue weighted by molar-refractivity contribution is -0.138. The van der Waals surface area contributed by atoms with Crippen LogP contribution in [0.5, 0.6) is 0 Å². The number of amides is 2. The van der Waals surface area contributed by atoms with Crippen molar-refractivity contribution in [2.45, 2.75) is 24.9 Å². The number of carboxylic acids is 1. The highest BCUT2D eigenvalue weighted by Crippen LogP contribution is 2.22. The van der Waals surface area contributed by atoms with Gasteiger partial charge >= 0.3 is 5.97 Å². The predicted octanol–water partition coefficient (Wildman–Crippen LogP) is 0.541. The normalized spacial score (nSPS) is 12.7. The first kappa shape index (κ1) is 25.8. The lowest BCUT2D eigenvalue weighted by Gasteiger charge is -2.16. The van der Waals surface area contributed by atoms with Crippen LogP contribution in [0.4, 0.5) is 0 Å². The van der Waals surface area contributed by atoms with Crippen LogP contribution in [0.2, 0.25) is 0 Å². The number of nitrogens with two attached hydrogens (primary N) is 1. The van der Waals surface area contributed by atoms with Gasteiger partial charge in [0.2, 0.25) is 17.6 Å². The molecule has 3 aromatic rings. The van der Waals surface area contributed by atoms with Gasteiger partial charge in [0.1, 0.15) is 12.1 Å².